The lowest BCUT2D eigenvalue weighted by Crippen LogP contribution is -2.39. The van der Waals surface area contributed by atoms with Crippen LogP contribution in [0.25, 0.3) is 0 Å². The summed E-state index contributed by atoms with van der Waals surface area (Å²) in [6, 6.07) is 0. The summed E-state index contributed by atoms with van der Waals surface area (Å²) in [5, 5.41) is 19.4. The standard InChI is InChI=1S/C30H52O4/c1-8-34-29-26(7)25(6)28(31)20-27(29)19-18-23(4)15-10-14-21(2)12-9-13-22(3)16-11-17-24(5)30(32)33/h14,16,20,23-26,28-29,31H,8-13,15,17-19H2,1-7H3,(H,32,33). The minimum Gasteiger partial charge on any atom is -0.481 e. The molecule has 0 saturated carbocycles. The molecular weight excluding hydrogens is 424 g/mol. The third-order valence-corrected chi connectivity index (χ3v) is 7.68. The first-order chi connectivity index (χ1) is 16.1. The van der Waals surface area contributed by atoms with Crippen molar-refractivity contribution >= 4 is 5.97 Å². The van der Waals surface area contributed by atoms with Gasteiger partial charge in [-0.1, -0.05) is 57.1 Å². The molecule has 0 saturated heterocycles. The Kier molecular flexibility index (Phi) is 14.7. The van der Waals surface area contributed by atoms with Crippen molar-refractivity contribution in [1.29, 1.82) is 0 Å². The highest BCUT2D eigenvalue weighted by Crippen LogP contribution is 2.35. The third kappa shape index (κ3) is 11.4. The molecule has 0 radical (unpaired) electrons. The fourth-order valence-electron chi connectivity index (χ4n) is 4.78. The molecule has 4 heteroatoms. The molecular formula is C30H52O4. The maximum absolute atomic E-state index is 10.9. The van der Waals surface area contributed by atoms with Gasteiger partial charge < -0.3 is 14.9 Å². The fraction of sp³-hybridized carbons (Fsp3) is 0.767. The molecule has 1 rings (SSSR count). The van der Waals surface area contributed by atoms with Crippen molar-refractivity contribution in [3.05, 3.63) is 34.9 Å². The number of aliphatic hydroxyl groups is 1. The molecule has 0 amide bonds. The van der Waals surface area contributed by atoms with E-state index in [-0.39, 0.29) is 24.0 Å². The van der Waals surface area contributed by atoms with Crippen LogP contribution in [0.5, 0.6) is 0 Å². The molecule has 4 nitrogen and oxygen atoms in total. The fourth-order valence-corrected chi connectivity index (χ4v) is 4.78. The largest absolute Gasteiger partial charge is 0.481 e. The monoisotopic (exact) mass is 476 g/mol. The van der Waals surface area contributed by atoms with Crippen LogP contribution in [-0.2, 0) is 9.53 Å². The van der Waals surface area contributed by atoms with Gasteiger partial charge in [-0.15, -0.1) is 0 Å². The topological polar surface area (TPSA) is 66.8 Å². The van der Waals surface area contributed by atoms with E-state index in [1.54, 1.807) is 6.92 Å². The molecule has 0 aromatic heterocycles. The van der Waals surface area contributed by atoms with Gasteiger partial charge in [0.05, 0.1) is 18.1 Å². The van der Waals surface area contributed by atoms with E-state index >= 15 is 0 Å². The molecule has 0 bridgehead atoms. The van der Waals surface area contributed by atoms with Crippen molar-refractivity contribution in [2.24, 2.45) is 23.7 Å². The summed E-state index contributed by atoms with van der Waals surface area (Å²) >= 11 is 0. The lowest BCUT2D eigenvalue weighted by Gasteiger charge is -2.37. The Morgan fingerprint density at radius 2 is 1.62 bits per heavy atom. The quantitative estimate of drug-likeness (QED) is 0.224. The number of rotatable bonds is 16. The Bertz CT molecular complexity index is 690. The van der Waals surface area contributed by atoms with E-state index < -0.39 is 5.97 Å². The second-order valence-electron chi connectivity index (χ2n) is 10.8. The molecule has 34 heavy (non-hydrogen) atoms. The van der Waals surface area contributed by atoms with E-state index in [2.05, 4.69) is 59.8 Å². The van der Waals surface area contributed by atoms with Crippen LogP contribution in [0.1, 0.15) is 106 Å². The number of carbonyl (C=O) groups is 1. The van der Waals surface area contributed by atoms with E-state index in [1.165, 1.54) is 23.1 Å². The van der Waals surface area contributed by atoms with Gasteiger partial charge in [0.1, 0.15) is 0 Å². The molecule has 6 unspecified atom stereocenters. The lowest BCUT2D eigenvalue weighted by molar-refractivity contribution is -0.141. The molecule has 0 spiro atoms. The number of hydrogen-bond donors (Lipinski definition) is 2. The van der Waals surface area contributed by atoms with Gasteiger partial charge in [-0.3, -0.25) is 4.79 Å². The van der Waals surface area contributed by atoms with Crippen LogP contribution in [0.3, 0.4) is 0 Å². The van der Waals surface area contributed by atoms with Crippen LogP contribution in [0, 0.1) is 23.7 Å². The lowest BCUT2D eigenvalue weighted by atomic mass is 9.76. The van der Waals surface area contributed by atoms with Gasteiger partial charge in [-0.25, -0.2) is 0 Å². The predicted octanol–water partition coefficient (Wildman–Crippen LogP) is 7.72. The summed E-state index contributed by atoms with van der Waals surface area (Å²) in [6.45, 7) is 15.6. The van der Waals surface area contributed by atoms with Crippen LogP contribution in [0.15, 0.2) is 34.9 Å². The van der Waals surface area contributed by atoms with Crippen molar-refractivity contribution in [2.45, 2.75) is 118 Å². The van der Waals surface area contributed by atoms with E-state index in [0.717, 1.165) is 44.9 Å². The maximum Gasteiger partial charge on any atom is 0.306 e. The molecule has 0 heterocycles. The Morgan fingerprint density at radius 3 is 2.18 bits per heavy atom. The summed E-state index contributed by atoms with van der Waals surface area (Å²) in [5.41, 5.74) is 4.13. The van der Waals surface area contributed by atoms with Gasteiger partial charge in [0, 0.05) is 6.61 Å². The predicted molar refractivity (Wildman–Crippen MR) is 143 cm³/mol. The number of carboxylic acid groups (broad SMARTS) is 1. The van der Waals surface area contributed by atoms with Crippen molar-refractivity contribution in [3.63, 3.8) is 0 Å². The molecule has 2 N–H and O–H groups in total. The van der Waals surface area contributed by atoms with Gasteiger partial charge >= 0.3 is 5.97 Å². The summed E-state index contributed by atoms with van der Waals surface area (Å²) < 4.78 is 6.05. The van der Waals surface area contributed by atoms with Crippen molar-refractivity contribution in [3.8, 4) is 0 Å². The minimum absolute atomic E-state index is 0.149. The highest BCUT2D eigenvalue weighted by Gasteiger charge is 2.34. The SMILES string of the molecule is CCOC1C(CCC(C)CCC=C(C)CCCC(C)=CCCC(C)C(=O)O)=CC(O)C(C)C1C. The minimum atomic E-state index is -0.704. The molecule has 0 aliphatic heterocycles. The van der Waals surface area contributed by atoms with E-state index in [0.29, 0.717) is 24.9 Å². The van der Waals surface area contributed by atoms with E-state index in [9.17, 15) is 9.90 Å². The highest BCUT2D eigenvalue weighted by atomic mass is 16.5. The zero-order valence-electron chi connectivity index (χ0n) is 23.0. The second kappa shape index (κ2) is 16.3. The number of ether oxygens (including phenoxy) is 1. The van der Waals surface area contributed by atoms with Crippen molar-refractivity contribution < 1.29 is 19.7 Å². The normalized spacial score (nSPS) is 25.7. The first-order valence-corrected chi connectivity index (χ1v) is 13.6. The molecule has 0 aromatic rings. The van der Waals surface area contributed by atoms with Gasteiger partial charge in [0.25, 0.3) is 0 Å². The zero-order chi connectivity index (χ0) is 25.7. The zero-order valence-corrected chi connectivity index (χ0v) is 23.0. The summed E-state index contributed by atoms with van der Waals surface area (Å²) in [5.74, 6) is 0.275. The number of aliphatic hydroxyl groups excluding tert-OH is 1. The number of hydrogen-bond acceptors (Lipinski definition) is 3. The Morgan fingerprint density at radius 1 is 1.03 bits per heavy atom. The van der Waals surface area contributed by atoms with Crippen LogP contribution in [0.2, 0.25) is 0 Å². The maximum atomic E-state index is 10.9. The smallest absolute Gasteiger partial charge is 0.306 e. The molecule has 1 aliphatic rings. The van der Waals surface area contributed by atoms with Crippen LogP contribution >= 0.6 is 0 Å². The van der Waals surface area contributed by atoms with Gasteiger partial charge in [0.2, 0.25) is 0 Å². The van der Waals surface area contributed by atoms with Crippen molar-refractivity contribution in [1.82, 2.24) is 0 Å². The first kappa shape index (κ1) is 30.6. The Hall–Kier alpha value is -1.39. The number of aliphatic carboxylic acids is 1. The molecule has 0 aromatic carbocycles. The van der Waals surface area contributed by atoms with Crippen LogP contribution in [-0.4, -0.2) is 35.0 Å². The average molecular weight is 477 g/mol. The second-order valence-corrected chi connectivity index (χ2v) is 10.8. The molecule has 1 aliphatic carbocycles. The summed E-state index contributed by atoms with van der Waals surface area (Å²) in [4.78, 5) is 10.9. The third-order valence-electron chi connectivity index (χ3n) is 7.68. The number of allylic oxidation sites excluding steroid dienone is 4. The van der Waals surface area contributed by atoms with Crippen LogP contribution < -0.4 is 0 Å². The van der Waals surface area contributed by atoms with Gasteiger partial charge in [-0.05, 0) is 102 Å². The summed E-state index contributed by atoms with van der Waals surface area (Å²) in [7, 11) is 0. The number of carboxylic acids is 1. The summed E-state index contributed by atoms with van der Waals surface area (Å²) in [6.07, 6.45) is 15.9. The molecule has 196 valence electrons. The van der Waals surface area contributed by atoms with E-state index in [1.807, 2.05) is 0 Å². The van der Waals surface area contributed by atoms with Crippen molar-refractivity contribution in [2.75, 3.05) is 6.61 Å². The Balaban J connectivity index is 2.33. The Labute approximate surface area is 209 Å². The first-order valence-electron chi connectivity index (χ1n) is 13.6. The van der Waals surface area contributed by atoms with Gasteiger partial charge in [0.15, 0.2) is 0 Å². The highest BCUT2D eigenvalue weighted by molar-refractivity contribution is 5.69. The van der Waals surface area contributed by atoms with Crippen LogP contribution in [0.4, 0.5) is 0 Å². The van der Waals surface area contributed by atoms with E-state index in [4.69, 9.17) is 9.84 Å². The average Bonchev–Trinajstić information content (AvgIpc) is 2.78. The molecule has 0 fully saturated rings. The molecule has 6 atom stereocenters. The van der Waals surface area contributed by atoms with Gasteiger partial charge in [-0.2, -0.15) is 0 Å².